The zero-order valence-corrected chi connectivity index (χ0v) is 19.5. The molecule has 0 bridgehead atoms. The van der Waals surface area contributed by atoms with E-state index in [0.29, 0.717) is 24.7 Å². The van der Waals surface area contributed by atoms with Gasteiger partial charge < -0.3 is 15.0 Å². The molecule has 0 amide bonds. The summed E-state index contributed by atoms with van der Waals surface area (Å²) >= 11 is 0. The molecule has 1 aromatic heterocycles. The smallest absolute Gasteiger partial charge is 0.242 e. The second-order valence-electron chi connectivity index (χ2n) is 9.74. The first kappa shape index (κ1) is 23.4. The molecule has 1 aromatic rings. The highest BCUT2D eigenvalue weighted by molar-refractivity contribution is 7.89. The fourth-order valence-corrected chi connectivity index (χ4v) is 5.39. The van der Waals surface area contributed by atoms with Crippen LogP contribution in [0.1, 0.15) is 59.3 Å². The number of nitrogens with zero attached hydrogens (tertiary/aromatic N) is 2. The number of pyridine rings is 1. The molecule has 1 saturated carbocycles. The third kappa shape index (κ3) is 7.18. The Morgan fingerprint density at radius 1 is 1.10 bits per heavy atom. The fourth-order valence-electron chi connectivity index (χ4n) is 4.14. The molecular formula is C22H38N4O3S. The van der Waals surface area contributed by atoms with Gasteiger partial charge in [-0.05, 0) is 62.6 Å². The Bertz CT molecular complexity index is 748. The lowest BCUT2D eigenvalue weighted by Gasteiger charge is -2.30. The number of nitrogens with one attached hydrogen (secondary N) is 2. The summed E-state index contributed by atoms with van der Waals surface area (Å²) < 4.78 is 33.8. The van der Waals surface area contributed by atoms with E-state index in [1.54, 1.807) is 12.1 Å². The lowest BCUT2D eigenvalue weighted by atomic mass is 9.89. The molecule has 7 nitrogen and oxygen atoms in total. The summed E-state index contributed by atoms with van der Waals surface area (Å²) in [5, 5.41) is 3.65. The molecule has 1 aliphatic heterocycles. The van der Waals surface area contributed by atoms with Gasteiger partial charge in [0.2, 0.25) is 10.0 Å². The van der Waals surface area contributed by atoms with Crippen molar-refractivity contribution < 1.29 is 13.2 Å². The second kappa shape index (κ2) is 10.4. The molecular weight excluding hydrogens is 400 g/mol. The van der Waals surface area contributed by atoms with Crippen LogP contribution in [0.5, 0.6) is 0 Å². The van der Waals surface area contributed by atoms with Gasteiger partial charge in [0.1, 0.15) is 10.7 Å². The highest BCUT2D eigenvalue weighted by Crippen LogP contribution is 2.23. The Morgan fingerprint density at radius 3 is 2.37 bits per heavy atom. The van der Waals surface area contributed by atoms with Crippen LogP contribution < -0.4 is 14.9 Å². The van der Waals surface area contributed by atoms with Crippen LogP contribution in [-0.4, -0.2) is 58.3 Å². The SMILES string of the molecule is CC(C)(C)CCCNC1CCC(NS(=O)(=O)c2ccc(N3CCOCC3)nc2)CC1. The van der Waals surface area contributed by atoms with Gasteiger partial charge in [-0.25, -0.2) is 18.1 Å². The molecule has 8 heteroatoms. The number of rotatable bonds is 8. The molecule has 1 saturated heterocycles. The standard InChI is InChI=1S/C22H38N4O3S/c1-22(2,3)11-4-12-23-18-5-7-19(8-6-18)25-30(27,28)20-9-10-21(24-17-20)26-13-15-29-16-14-26/h9-10,17-19,23,25H,4-8,11-16H2,1-3H3. The number of anilines is 1. The Balaban J connectivity index is 1.43. The predicted molar refractivity (Wildman–Crippen MR) is 120 cm³/mol. The van der Waals surface area contributed by atoms with E-state index in [0.717, 1.165) is 51.1 Å². The summed E-state index contributed by atoms with van der Waals surface area (Å²) in [6.45, 7) is 10.8. The lowest BCUT2D eigenvalue weighted by molar-refractivity contribution is 0.122. The fraction of sp³-hybridized carbons (Fsp3) is 0.773. The van der Waals surface area contributed by atoms with Crippen LogP contribution in [0.4, 0.5) is 5.82 Å². The molecule has 0 unspecified atom stereocenters. The molecule has 170 valence electrons. The number of ether oxygens (including phenoxy) is 1. The van der Waals surface area contributed by atoms with Crippen LogP contribution in [0.3, 0.4) is 0 Å². The van der Waals surface area contributed by atoms with Gasteiger partial charge in [-0.3, -0.25) is 0 Å². The minimum Gasteiger partial charge on any atom is -0.378 e. The summed E-state index contributed by atoms with van der Waals surface area (Å²) in [6.07, 6.45) is 7.63. The number of sulfonamides is 1. The Morgan fingerprint density at radius 2 is 1.77 bits per heavy atom. The monoisotopic (exact) mass is 438 g/mol. The summed E-state index contributed by atoms with van der Waals surface area (Å²) in [4.78, 5) is 6.73. The van der Waals surface area contributed by atoms with Crippen molar-refractivity contribution in [2.24, 2.45) is 5.41 Å². The van der Waals surface area contributed by atoms with E-state index in [1.165, 1.54) is 19.0 Å². The third-order valence-corrected chi connectivity index (χ3v) is 7.46. The minimum absolute atomic E-state index is 0.00143. The molecule has 1 aliphatic carbocycles. The van der Waals surface area contributed by atoms with E-state index in [4.69, 9.17) is 4.74 Å². The summed E-state index contributed by atoms with van der Waals surface area (Å²) in [7, 11) is -3.54. The van der Waals surface area contributed by atoms with Gasteiger partial charge in [0.25, 0.3) is 0 Å². The van der Waals surface area contributed by atoms with Crippen LogP contribution in [0.15, 0.2) is 23.2 Å². The first-order valence-corrected chi connectivity index (χ1v) is 12.8. The molecule has 0 aromatic carbocycles. The second-order valence-corrected chi connectivity index (χ2v) is 11.5. The molecule has 2 aliphatic rings. The van der Waals surface area contributed by atoms with Crippen molar-refractivity contribution >= 4 is 15.8 Å². The van der Waals surface area contributed by atoms with Gasteiger partial charge in [0, 0.05) is 31.4 Å². The van der Waals surface area contributed by atoms with Crippen molar-refractivity contribution in [3.05, 3.63) is 18.3 Å². The highest BCUT2D eigenvalue weighted by Gasteiger charge is 2.26. The van der Waals surface area contributed by atoms with Crippen LogP contribution in [0.25, 0.3) is 0 Å². The van der Waals surface area contributed by atoms with Crippen molar-refractivity contribution in [3.63, 3.8) is 0 Å². The zero-order chi connectivity index (χ0) is 21.6. The van der Waals surface area contributed by atoms with Gasteiger partial charge in [-0.2, -0.15) is 0 Å². The Kier molecular flexibility index (Phi) is 8.12. The molecule has 2 fully saturated rings. The van der Waals surface area contributed by atoms with E-state index in [-0.39, 0.29) is 10.9 Å². The molecule has 0 spiro atoms. The summed E-state index contributed by atoms with van der Waals surface area (Å²) in [5.41, 5.74) is 0.382. The highest BCUT2D eigenvalue weighted by atomic mass is 32.2. The number of hydrogen-bond acceptors (Lipinski definition) is 6. The quantitative estimate of drug-likeness (QED) is 0.607. The first-order valence-electron chi connectivity index (χ1n) is 11.3. The first-order chi connectivity index (χ1) is 14.2. The van der Waals surface area contributed by atoms with E-state index in [2.05, 4.69) is 40.7 Å². The van der Waals surface area contributed by atoms with E-state index >= 15 is 0 Å². The van der Waals surface area contributed by atoms with Crippen LogP contribution in [0, 0.1) is 5.41 Å². The van der Waals surface area contributed by atoms with Crippen molar-refractivity contribution in [2.45, 2.75) is 76.3 Å². The average Bonchev–Trinajstić information content (AvgIpc) is 2.72. The number of morpholine rings is 1. The van der Waals surface area contributed by atoms with Crippen molar-refractivity contribution in [1.29, 1.82) is 0 Å². The van der Waals surface area contributed by atoms with Gasteiger partial charge in [0.15, 0.2) is 0 Å². The maximum Gasteiger partial charge on any atom is 0.242 e. The largest absolute Gasteiger partial charge is 0.378 e. The topological polar surface area (TPSA) is 83.6 Å². The third-order valence-electron chi connectivity index (χ3n) is 5.95. The normalized spacial score (nSPS) is 23.5. The van der Waals surface area contributed by atoms with Crippen molar-refractivity contribution in [2.75, 3.05) is 37.7 Å². The maximum absolute atomic E-state index is 12.8. The predicted octanol–water partition coefficient (Wildman–Crippen LogP) is 2.92. The van der Waals surface area contributed by atoms with Crippen molar-refractivity contribution in [3.8, 4) is 0 Å². The van der Waals surface area contributed by atoms with Crippen LogP contribution in [0.2, 0.25) is 0 Å². The van der Waals surface area contributed by atoms with Gasteiger partial charge in [-0.15, -0.1) is 0 Å². The van der Waals surface area contributed by atoms with Gasteiger partial charge in [-0.1, -0.05) is 20.8 Å². The lowest BCUT2D eigenvalue weighted by Crippen LogP contribution is -2.42. The van der Waals surface area contributed by atoms with Crippen molar-refractivity contribution in [1.82, 2.24) is 15.0 Å². The maximum atomic E-state index is 12.8. The molecule has 0 atom stereocenters. The molecule has 30 heavy (non-hydrogen) atoms. The average molecular weight is 439 g/mol. The summed E-state index contributed by atoms with van der Waals surface area (Å²) in [5.74, 6) is 0.801. The Hall–Kier alpha value is -1.22. The van der Waals surface area contributed by atoms with Crippen LogP contribution in [-0.2, 0) is 14.8 Å². The summed E-state index contributed by atoms with van der Waals surface area (Å²) in [6, 6.07) is 3.95. The zero-order valence-electron chi connectivity index (χ0n) is 18.7. The number of hydrogen-bond donors (Lipinski definition) is 2. The molecule has 2 N–H and O–H groups in total. The number of aromatic nitrogens is 1. The van der Waals surface area contributed by atoms with E-state index in [1.807, 2.05) is 0 Å². The Labute approximate surface area is 182 Å². The van der Waals surface area contributed by atoms with E-state index in [9.17, 15) is 8.42 Å². The van der Waals surface area contributed by atoms with E-state index < -0.39 is 10.0 Å². The molecule has 0 radical (unpaired) electrons. The van der Waals surface area contributed by atoms with Gasteiger partial charge >= 0.3 is 0 Å². The molecule has 2 heterocycles. The van der Waals surface area contributed by atoms with Gasteiger partial charge in [0.05, 0.1) is 13.2 Å². The van der Waals surface area contributed by atoms with Crippen LogP contribution >= 0.6 is 0 Å². The minimum atomic E-state index is -3.54. The molecule has 3 rings (SSSR count).